The lowest BCUT2D eigenvalue weighted by Crippen LogP contribution is -2.23. The molecular weight excluding hydrogens is 372 g/mol. The first-order valence-electron chi connectivity index (χ1n) is 8.15. The third kappa shape index (κ3) is 2.62. The predicted octanol–water partition coefficient (Wildman–Crippen LogP) is 5.54. The maximum Gasteiger partial charge on any atom is 0.193 e. The molecule has 4 rings (SSSR count). The predicted molar refractivity (Wildman–Crippen MR) is 104 cm³/mol. The molecule has 120 valence electrons. The zero-order valence-electron chi connectivity index (χ0n) is 13.4. The summed E-state index contributed by atoms with van der Waals surface area (Å²) in [5.74, 6) is 2.89. The lowest BCUT2D eigenvalue weighted by atomic mass is 9.70. The monoisotopic (exact) mass is 386 g/mol. The first-order chi connectivity index (χ1) is 12.2. The third-order valence-corrected chi connectivity index (χ3v) is 5.35. The van der Waals surface area contributed by atoms with E-state index in [1.807, 2.05) is 60.7 Å². The minimum atomic E-state index is -0.136. The molecule has 1 aliphatic carbocycles. The van der Waals surface area contributed by atoms with Gasteiger partial charge in [-0.3, -0.25) is 4.79 Å². The van der Waals surface area contributed by atoms with E-state index in [0.717, 1.165) is 32.3 Å². The summed E-state index contributed by atoms with van der Waals surface area (Å²) >= 11 is 3.48. The van der Waals surface area contributed by atoms with Gasteiger partial charge in [0, 0.05) is 21.5 Å². The molecule has 0 spiro atoms. The van der Waals surface area contributed by atoms with Crippen LogP contribution in [0.4, 0.5) is 0 Å². The average molecular weight is 387 g/mol. The van der Waals surface area contributed by atoms with Gasteiger partial charge in [0.1, 0.15) is 0 Å². The van der Waals surface area contributed by atoms with E-state index in [1.165, 1.54) is 0 Å². The summed E-state index contributed by atoms with van der Waals surface area (Å²) in [6.07, 6.45) is 5.98. The average Bonchev–Trinajstić information content (AvgIpc) is 2.66. The number of benzene rings is 3. The van der Waals surface area contributed by atoms with Crippen LogP contribution < -0.4 is 0 Å². The van der Waals surface area contributed by atoms with E-state index in [0.29, 0.717) is 0 Å². The molecular formula is C23H15BrO. The SMILES string of the molecule is C#C[C@@H](c1ccc(Br)cc1)C1c2ccccc2C(=O)c2ccccc21. The number of hydrogen-bond donors (Lipinski definition) is 0. The Balaban J connectivity index is 1.95. The number of carbonyl (C=O) groups excluding carboxylic acids is 1. The van der Waals surface area contributed by atoms with E-state index in [2.05, 4.69) is 34.0 Å². The minimum Gasteiger partial charge on any atom is -0.289 e. The van der Waals surface area contributed by atoms with Gasteiger partial charge in [-0.25, -0.2) is 0 Å². The molecule has 3 aromatic carbocycles. The van der Waals surface area contributed by atoms with Crippen LogP contribution in [0.5, 0.6) is 0 Å². The van der Waals surface area contributed by atoms with Crippen molar-refractivity contribution in [3.63, 3.8) is 0 Å². The van der Waals surface area contributed by atoms with Crippen molar-refractivity contribution in [2.75, 3.05) is 0 Å². The highest BCUT2D eigenvalue weighted by Crippen LogP contribution is 2.44. The molecule has 2 heteroatoms. The van der Waals surface area contributed by atoms with Crippen LogP contribution in [0.2, 0.25) is 0 Å². The number of halogens is 1. The lowest BCUT2D eigenvalue weighted by molar-refractivity contribution is 0.103. The summed E-state index contributed by atoms with van der Waals surface area (Å²) in [7, 11) is 0. The molecule has 1 nitrogen and oxygen atoms in total. The summed E-state index contributed by atoms with van der Waals surface area (Å²) < 4.78 is 1.02. The fraction of sp³-hybridized carbons (Fsp3) is 0.0870. The topological polar surface area (TPSA) is 17.1 Å². The van der Waals surface area contributed by atoms with Gasteiger partial charge in [-0.15, -0.1) is 6.42 Å². The lowest BCUT2D eigenvalue weighted by Gasteiger charge is -2.31. The van der Waals surface area contributed by atoms with Gasteiger partial charge in [0.05, 0.1) is 5.92 Å². The second-order valence-electron chi connectivity index (χ2n) is 6.18. The summed E-state index contributed by atoms with van der Waals surface area (Å²) in [5, 5.41) is 0. The fourth-order valence-corrected chi connectivity index (χ4v) is 3.94. The molecule has 0 saturated carbocycles. The number of ketones is 1. The molecule has 0 radical (unpaired) electrons. The van der Waals surface area contributed by atoms with Gasteiger partial charge < -0.3 is 0 Å². The molecule has 0 amide bonds. The van der Waals surface area contributed by atoms with E-state index in [1.54, 1.807) is 0 Å². The Kier molecular flexibility index (Phi) is 4.03. The van der Waals surface area contributed by atoms with Crippen LogP contribution in [0.25, 0.3) is 0 Å². The Hall–Kier alpha value is -2.63. The maximum absolute atomic E-state index is 12.9. The second-order valence-corrected chi connectivity index (χ2v) is 7.09. The standard InChI is InChI=1S/C23H15BrO/c1-2-17(15-11-13-16(24)14-12-15)22-18-7-3-5-9-20(18)23(25)21-10-6-4-8-19(21)22/h1,3-14,17,22H/t17-/m0/s1. The van der Waals surface area contributed by atoms with Crippen molar-refractivity contribution in [2.45, 2.75) is 11.8 Å². The van der Waals surface area contributed by atoms with Crippen LogP contribution in [-0.2, 0) is 0 Å². The Morgan fingerprint density at radius 3 is 1.88 bits per heavy atom. The fourth-order valence-electron chi connectivity index (χ4n) is 3.68. The van der Waals surface area contributed by atoms with Crippen molar-refractivity contribution >= 4 is 21.7 Å². The van der Waals surface area contributed by atoms with Crippen molar-refractivity contribution in [2.24, 2.45) is 0 Å². The number of carbonyl (C=O) groups is 1. The largest absolute Gasteiger partial charge is 0.289 e. The summed E-state index contributed by atoms with van der Waals surface area (Å²) in [6.45, 7) is 0. The maximum atomic E-state index is 12.9. The zero-order valence-corrected chi connectivity index (χ0v) is 15.0. The third-order valence-electron chi connectivity index (χ3n) is 4.82. The highest BCUT2D eigenvalue weighted by atomic mass is 79.9. The van der Waals surface area contributed by atoms with Crippen LogP contribution in [0.1, 0.15) is 44.4 Å². The molecule has 0 saturated heterocycles. The van der Waals surface area contributed by atoms with Gasteiger partial charge in [0.2, 0.25) is 0 Å². The van der Waals surface area contributed by atoms with E-state index >= 15 is 0 Å². The first-order valence-corrected chi connectivity index (χ1v) is 8.94. The quantitative estimate of drug-likeness (QED) is 0.528. The Morgan fingerprint density at radius 1 is 0.840 bits per heavy atom. The molecule has 1 atom stereocenters. The Morgan fingerprint density at radius 2 is 1.36 bits per heavy atom. The van der Waals surface area contributed by atoms with Crippen LogP contribution >= 0.6 is 15.9 Å². The van der Waals surface area contributed by atoms with Crippen LogP contribution in [0, 0.1) is 12.3 Å². The molecule has 0 unspecified atom stereocenters. The molecule has 0 heterocycles. The van der Waals surface area contributed by atoms with E-state index in [9.17, 15) is 4.79 Å². The Bertz CT molecular complexity index is 946. The van der Waals surface area contributed by atoms with Crippen molar-refractivity contribution in [3.05, 3.63) is 105 Å². The molecule has 0 fully saturated rings. The van der Waals surface area contributed by atoms with E-state index < -0.39 is 0 Å². The van der Waals surface area contributed by atoms with Crippen molar-refractivity contribution < 1.29 is 4.79 Å². The molecule has 0 N–H and O–H groups in total. The summed E-state index contributed by atoms with van der Waals surface area (Å²) in [6, 6.07) is 23.7. The zero-order chi connectivity index (χ0) is 17.4. The molecule has 0 bridgehead atoms. The van der Waals surface area contributed by atoms with Gasteiger partial charge in [-0.05, 0) is 28.8 Å². The minimum absolute atomic E-state index is 0.0312. The van der Waals surface area contributed by atoms with Crippen LogP contribution in [0.3, 0.4) is 0 Å². The van der Waals surface area contributed by atoms with Gasteiger partial charge in [-0.1, -0.05) is 82.5 Å². The second kappa shape index (κ2) is 6.35. The van der Waals surface area contributed by atoms with Gasteiger partial charge >= 0.3 is 0 Å². The van der Waals surface area contributed by atoms with Crippen molar-refractivity contribution in [1.82, 2.24) is 0 Å². The van der Waals surface area contributed by atoms with Crippen molar-refractivity contribution in [1.29, 1.82) is 0 Å². The van der Waals surface area contributed by atoms with Crippen LogP contribution in [0.15, 0.2) is 77.3 Å². The first kappa shape index (κ1) is 15.9. The van der Waals surface area contributed by atoms with Gasteiger partial charge in [0.25, 0.3) is 0 Å². The summed E-state index contributed by atoms with van der Waals surface area (Å²) in [5.41, 5.74) is 4.61. The number of fused-ring (bicyclic) bond motifs is 2. The number of rotatable bonds is 2. The molecule has 0 aliphatic heterocycles. The highest BCUT2D eigenvalue weighted by Gasteiger charge is 2.35. The van der Waals surface area contributed by atoms with E-state index in [4.69, 9.17) is 6.42 Å². The molecule has 3 aromatic rings. The molecule has 1 aliphatic rings. The van der Waals surface area contributed by atoms with Crippen molar-refractivity contribution in [3.8, 4) is 12.3 Å². The van der Waals surface area contributed by atoms with Crippen LogP contribution in [-0.4, -0.2) is 5.78 Å². The number of hydrogen-bond acceptors (Lipinski definition) is 1. The smallest absolute Gasteiger partial charge is 0.193 e. The highest BCUT2D eigenvalue weighted by molar-refractivity contribution is 9.10. The van der Waals surface area contributed by atoms with E-state index in [-0.39, 0.29) is 17.6 Å². The normalized spacial score (nSPS) is 14.3. The summed E-state index contributed by atoms with van der Waals surface area (Å²) in [4.78, 5) is 12.9. The number of terminal acetylenes is 1. The Labute approximate surface area is 155 Å². The van der Waals surface area contributed by atoms with Gasteiger partial charge in [-0.2, -0.15) is 0 Å². The molecule has 25 heavy (non-hydrogen) atoms. The molecule has 0 aromatic heterocycles. The van der Waals surface area contributed by atoms with Gasteiger partial charge in [0.15, 0.2) is 5.78 Å².